The van der Waals surface area contributed by atoms with Gasteiger partial charge >= 0.3 is 0 Å². The Morgan fingerprint density at radius 3 is 2.89 bits per heavy atom. The second kappa shape index (κ2) is 6.68. The quantitative estimate of drug-likeness (QED) is 0.790. The third-order valence-electron chi connectivity index (χ3n) is 2.77. The second-order valence-electron chi connectivity index (χ2n) is 4.90. The SMILES string of the molecule is Cc1cc(-c2cnc(CCCNC(C)C)o2)sc1Br. The Labute approximate surface area is 126 Å². The van der Waals surface area contributed by atoms with Gasteiger partial charge in [-0.2, -0.15) is 0 Å². The molecular weight excluding hydrogens is 324 g/mol. The summed E-state index contributed by atoms with van der Waals surface area (Å²) < 4.78 is 6.95. The lowest BCUT2D eigenvalue weighted by molar-refractivity contribution is 0.485. The highest BCUT2D eigenvalue weighted by molar-refractivity contribution is 9.11. The maximum atomic E-state index is 5.80. The van der Waals surface area contributed by atoms with Gasteiger partial charge in [0.1, 0.15) is 0 Å². The van der Waals surface area contributed by atoms with Gasteiger partial charge in [-0.15, -0.1) is 11.3 Å². The number of thiophene rings is 1. The Morgan fingerprint density at radius 1 is 1.47 bits per heavy atom. The molecule has 19 heavy (non-hydrogen) atoms. The van der Waals surface area contributed by atoms with Crippen LogP contribution in [0.15, 0.2) is 20.5 Å². The van der Waals surface area contributed by atoms with E-state index in [0.29, 0.717) is 6.04 Å². The first-order chi connectivity index (χ1) is 9.06. The summed E-state index contributed by atoms with van der Waals surface area (Å²) in [7, 11) is 0. The van der Waals surface area contributed by atoms with Crippen LogP contribution in [0.1, 0.15) is 31.7 Å². The number of hydrogen-bond acceptors (Lipinski definition) is 4. The highest BCUT2D eigenvalue weighted by atomic mass is 79.9. The molecule has 0 spiro atoms. The largest absolute Gasteiger partial charge is 0.440 e. The minimum absolute atomic E-state index is 0.534. The maximum Gasteiger partial charge on any atom is 0.194 e. The number of oxazole rings is 1. The first-order valence-electron chi connectivity index (χ1n) is 6.50. The van der Waals surface area contributed by atoms with Crippen molar-refractivity contribution in [3.63, 3.8) is 0 Å². The molecule has 5 heteroatoms. The van der Waals surface area contributed by atoms with Crippen LogP contribution < -0.4 is 5.32 Å². The van der Waals surface area contributed by atoms with Gasteiger partial charge in [0, 0.05) is 12.5 Å². The van der Waals surface area contributed by atoms with Gasteiger partial charge in [0.25, 0.3) is 0 Å². The van der Waals surface area contributed by atoms with Gasteiger partial charge in [-0.05, 0) is 47.4 Å². The number of nitrogens with zero attached hydrogens (tertiary/aromatic N) is 1. The van der Waals surface area contributed by atoms with E-state index in [1.165, 1.54) is 5.56 Å². The normalized spacial score (nSPS) is 11.4. The molecule has 3 nitrogen and oxygen atoms in total. The fourth-order valence-electron chi connectivity index (χ4n) is 1.75. The highest BCUT2D eigenvalue weighted by Crippen LogP contribution is 2.34. The first-order valence-corrected chi connectivity index (χ1v) is 8.11. The number of aryl methyl sites for hydroxylation is 2. The molecule has 0 unspecified atom stereocenters. The fraction of sp³-hybridized carbons (Fsp3) is 0.500. The number of rotatable bonds is 6. The smallest absolute Gasteiger partial charge is 0.194 e. The average molecular weight is 343 g/mol. The molecule has 2 aromatic heterocycles. The zero-order chi connectivity index (χ0) is 13.8. The molecule has 0 aromatic carbocycles. The van der Waals surface area contributed by atoms with Gasteiger partial charge in [-0.3, -0.25) is 0 Å². The van der Waals surface area contributed by atoms with Crippen molar-refractivity contribution >= 4 is 27.3 Å². The monoisotopic (exact) mass is 342 g/mol. The molecule has 1 N–H and O–H groups in total. The van der Waals surface area contributed by atoms with Crippen molar-refractivity contribution in [3.05, 3.63) is 27.5 Å². The van der Waals surface area contributed by atoms with E-state index in [2.05, 4.69) is 53.1 Å². The summed E-state index contributed by atoms with van der Waals surface area (Å²) in [6, 6.07) is 2.66. The Hall–Kier alpha value is -0.650. The molecule has 2 rings (SSSR count). The van der Waals surface area contributed by atoms with Crippen LogP contribution in [0.25, 0.3) is 10.6 Å². The van der Waals surface area contributed by atoms with E-state index < -0.39 is 0 Å². The molecule has 2 aromatic rings. The summed E-state index contributed by atoms with van der Waals surface area (Å²) in [6.45, 7) is 7.39. The summed E-state index contributed by atoms with van der Waals surface area (Å²) in [4.78, 5) is 5.47. The minimum Gasteiger partial charge on any atom is -0.440 e. The van der Waals surface area contributed by atoms with Crippen LogP contribution in [0.4, 0.5) is 0 Å². The molecule has 0 radical (unpaired) electrons. The molecule has 0 saturated carbocycles. The third-order valence-corrected chi connectivity index (χ3v) is 4.92. The van der Waals surface area contributed by atoms with Crippen molar-refractivity contribution in [3.8, 4) is 10.6 Å². The van der Waals surface area contributed by atoms with E-state index in [4.69, 9.17) is 4.42 Å². The Bertz CT molecular complexity index is 514. The molecule has 0 aliphatic rings. The van der Waals surface area contributed by atoms with Gasteiger partial charge in [-0.1, -0.05) is 13.8 Å². The Balaban J connectivity index is 1.92. The molecular formula is C14H19BrN2OS. The number of nitrogens with one attached hydrogen (secondary N) is 1. The van der Waals surface area contributed by atoms with Crippen LogP contribution in [0, 0.1) is 6.92 Å². The van der Waals surface area contributed by atoms with E-state index in [1.807, 2.05) is 6.20 Å². The molecule has 104 valence electrons. The molecule has 0 amide bonds. The minimum atomic E-state index is 0.534. The van der Waals surface area contributed by atoms with Gasteiger partial charge in [0.15, 0.2) is 11.7 Å². The Kier molecular flexibility index (Phi) is 5.19. The molecule has 0 aliphatic heterocycles. The summed E-state index contributed by atoms with van der Waals surface area (Å²) in [6.07, 6.45) is 3.75. The number of hydrogen-bond donors (Lipinski definition) is 1. The van der Waals surface area contributed by atoms with Crippen molar-refractivity contribution in [2.45, 2.75) is 39.7 Å². The summed E-state index contributed by atoms with van der Waals surface area (Å²) in [5.74, 6) is 1.69. The molecule has 0 atom stereocenters. The zero-order valence-electron chi connectivity index (χ0n) is 11.5. The molecule has 0 fully saturated rings. The van der Waals surface area contributed by atoms with Crippen LogP contribution in [-0.2, 0) is 6.42 Å². The lowest BCUT2D eigenvalue weighted by Gasteiger charge is -2.05. The van der Waals surface area contributed by atoms with E-state index in [1.54, 1.807) is 11.3 Å². The van der Waals surface area contributed by atoms with Crippen LogP contribution in [0.3, 0.4) is 0 Å². The van der Waals surface area contributed by atoms with Crippen LogP contribution in [0.5, 0.6) is 0 Å². The van der Waals surface area contributed by atoms with Crippen molar-refractivity contribution in [1.82, 2.24) is 10.3 Å². The Morgan fingerprint density at radius 2 is 2.26 bits per heavy atom. The van der Waals surface area contributed by atoms with Crippen LogP contribution >= 0.6 is 27.3 Å². The summed E-state index contributed by atoms with van der Waals surface area (Å²) >= 11 is 5.22. The number of aromatic nitrogens is 1. The lowest BCUT2D eigenvalue weighted by Crippen LogP contribution is -2.23. The standard InChI is InChI=1S/C14H19BrN2OS/c1-9(2)16-6-4-5-13-17-8-11(18-13)12-7-10(3)14(15)19-12/h7-9,16H,4-6H2,1-3H3. The van der Waals surface area contributed by atoms with Gasteiger partial charge in [-0.25, -0.2) is 4.98 Å². The van der Waals surface area contributed by atoms with E-state index in [-0.39, 0.29) is 0 Å². The predicted molar refractivity (Wildman–Crippen MR) is 83.7 cm³/mol. The van der Waals surface area contributed by atoms with Gasteiger partial charge < -0.3 is 9.73 Å². The molecule has 0 aliphatic carbocycles. The summed E-state index contributed by atoms with van der Waals surface area (Å²) in [5.41, 5.74) is 1.24. The second-order valence-corrected chi connectivity index (χ2v) is 7.27. The highest BCUT2D eigenvalue weighted by Gasteiger charge is 2.10. The first kappa shape index (κ1) is 14.8. The van der Waals surface area contributed by atoms with Crippen LogP contribution in [-0.4, -0.2) is 17.6 Å². The van der Waals surface area contributed by atoms with E-state index in [9.17, 15) is 0 Å². The van der Waals surface area contributed by atoms with Crippen molar-refractivity contribution in [2.75, 3.05) is 6.54 Å². The maximum absolute atomic E-state index is 5.80. The lowest BCUT2D eigenvalue weighted by atomic mass is 10.3. The van der Waals surface area contributed by atoms with Crippen molar-refractivity contribution in [2.24, 2.45) is 0 Å². The van der Waals surface area contributed by atoms with Crippen molar-refractivity contribution < 1.29 is 4.42 Å². The molecule has 0 bridgehead atoms. The van der Waals surface area contributed by atoms with Gasteiger partial charge in [0.2, 0.25) is 0 Å². The van der Waals surface area contributed by atoms with Gasteiger partial charge in [0.05, 0.1) is 14.9 Å². The number of halogens is 1. The van der Waals surface area contributed by atoms with Crippen molar-refractivity contribution in [1.29, 1.82) is 0 Å². The average Bonchev–Trinajstić information content (AvgIpc) is 2.93. The summed E-state index contributed by atoms with van der Waals surface area (Å²) in [5, 5.41) is 3.39. The third kappa shape index (κ3) is 4.16. The van der Waals surface area contributed by atoms with Crippen LogP contribution in [0.2, 0.25) is 0 Å². The zero-order valence-corrected chi connectivity index (χ0v) is 13.9. The van der Waals surface area contributed by atoms with E-state index in [0.717, 1.165) is 39.7 Å². The predicted octanol–water partition coefficient (Wildman–Crippen LogP) is 4.40. The topological polar surface area (TPSA) is 38.1 Å². The fourth-order valence-corrected chi connectivity index (χ4v) is 3.23. The van der Waals surface area contributed by atoms with E-state index >= 15 is 0 Å². The molecule has 0 saturated heterocycles. The molecule has 2 heterocycles.